The maximum absolute atomic E-state index is 3.44. The number of hydrogen-bond acceptors (Lipinski definition) is 0. The van der Waals surface area contributed by atoms with Crippen LogP contribution in [0.25, 0.3) is 0 Å². The van der Waals surface area contributed by atoms with Crippen LogP contribution >= 0.6 is 0 Å². The van der Waals surface area contributed by atoms with Gasteiger partial charge in [-0.3, -0.25) is 0 Å². The van der Waals surface area contributed by atoms with Crippen molar-refractivity contribution >= 4 is 0 Å². The molecule has 0 fully saturated rings. The van der Waals surface area contributed by atoms with Gasteiger partial charge in [0, 0.05) is 12.8 Å². The average Bonchev–Trinajstić information content (AvgIpc) is 2.66. The maximum atomic E-state index is 3.44. The summed E-state index contributed by atoms with van der Waals surface area (Å²) in [7, 11) is 0. The van der Waals surface area contributed by atoms with Crippen LogP contribution < -0.4 is 0 Å². The molecule has 0 bridgehead atoms. The molecule has 0 nitrogen and oxygen atoms in total. The van der Waals surface area contributed by atoms with Gasteiger partial charge in [0.2, 0.25) is 0 Å². The third-order valence-electron chi connectivity index (χ3n) is 5.64. The molecule has 1 unspecified atom stereocenters. The molecule has 0 N–H and O–H groups in total. The normalized spacial score (nSPS) is 12.0. The molecule has 0 aromatic rings. The van der Waals surface area contributed by atoms with Gasteiger partial charge in [-0.1, -0.05) is 124 Å². The highest BCUT2D eigenvalue weighted by Gasteiger charge is 2.07. The lowest BCUT2D eigenvalue weighted by atomic mass is 9.91. The van der Waals surface area contributed by atoms with Gasteiger partial charge < -0.3 is 0 Å². The zero-order valence-electron chi connectivity index (χ0n) is 18.7. The summed E-state index contributed by atoms with van der Waals surface area (Å²) in [4.78, 5) is 0. The van der Waals surface area contributed by atoms with Crippen molar-refractivity contribution in [3.8, 4) is 11.8 Å². The standard InChI is InChI=1S/C26H50/c1-4-7-10-12-14-15-16-18-20-22-25-26(23-9-6-3)24-21-19-17-13-11-8-5-2/h26H,4-16,18,20-25H2,1-3H3. The predicted molar refractivity (Wildman–Crippen MR) is 121 cm³/mol. The third-order valence-corrected chi connectivity index (χ3v) is 5.64. The Hall–Kier alpha value is -0.440. The van der Waals surface area contributed by atoms with E-state index in [9.17, 15) is 0 Å². The average molecular weight is 363 g/mol. The fourth-order valence-corrected chi connectivity index (χ4v) is 3.76. The smallest absolute Gasteiger partial charge is 0.00913 e. The highest BCUT2D eigenvalue weighted by atomic mass is 14.1. The molecule has 0 aliphatic rings. The molecule has 0 aliphatic heterocycles. The van der Waals surface area contributed by atoms with Crippen LogP contribution in [0.3, 0.4) is 0 Å². The van der Waals surface area contributed by atoms with Gasteiger partial charge in [0.15, 0.2) is 0 Å². The van der Waals surface area contributed by atoms with E-state index >= 15 is 0 Å². The van der Waals surface area contributed by atoms with Crippen molar-refractivity contribution in [1.29, 1.82) is 0 Å². The van der Waals surface area contributed by atoms with Gasteiger partial charge in [-0.15, -0.1) is 11.8 Å². The van der Waals surface area contributed by atoms with Crippen molar-refractivity contribution in [2.45, 2.75) is 149 Å². The first kappa shape index (κ1) is 25.6. The van der Waals surface area contributed by atoms with E-state index in [4.69, 9.17) is 0 Å². The molecule has 0 heterocycles. The van der Waals surface area contributed by atoms with E-state index in [1.807, 2.05) is 0 Å². The topological polar surface area (TPSA) is 0 Å². The lowest BCUT2D eigenvalue weighted by Crippen LogP contribution is -2.00. The van der Waals surface area contributed by atoms with E-state index in [1.165, 1.54) is 116 Å². The van der Waals surface area contributed by atoms with E-state index in [1.54, 1.807) is 0 Å². The largest absolute Gasteiger partial charge is 0.103 e. The molecule has 0 aliphatic carbocycles. The monoisotopic (exact) mass is 362 g/mol. The predicted octanol–water partition coefficient (Wildman–Crippen LogP) is 9.47. The molecule has 1 atom stereocenters. The van der Waals surface area contributed by atoms with E-state index < -0.39 is 0 Å². The van der Waals surface area contributed by atoms with Crippen LogP contribution in [0, 0.1) is 17.8 Å². The summed E-state index contributed by atoms with van der Waals surface area (Å²) in [5.74, 6) is 7.77. The van der Waals surface area contributed by atoms with E-state index in [-0.39, 0.29) is 0 Å². The van der Waals surface area contributed by atoms with Crippen LogP contribution in [0.5, 0.6) is 0 Å². The molecule has 0 heteroatoms. The van der Waals surface area contributed by atoms with Gasteiger partial charge in [-0.25, -0.2) is 0 Å². The highest BCUT2D eigenvalue weighted by Crippen LogP contribution is 2.22. The zero-order chi connectivity index (χ0) is 19.1. The van der Waals surface area contributed by atoms with Crippen LogP contribution in [-0.4, -0.2) is 0 Å². The summed E-state index contributed by atoms with van der Waals surface area (Å²) in [5.41, 5.74) is 0. The molecule has 0 saturated carbocycles. The summed E-state index contributed by atoms with van der Waals surface area (Å²) in [5, 5.41) is 0. The molecule has 0 saturated heterocycles. The molecular formula is C26H50. The quantitative estimate of drug-likeness (QED) is 0.158. The first-order chi connectivity index (χ1) is 12.8. The highest BCUT2D eigenvalue weighted by molar-refractivity contribution is 4.98. The van der Waals surface area contributed by atoms with Crippen molar-refractivity contribution in [2.24, 2.45) is 5.92 Å². The molecule has 0 aromatic carbocycles. The summed E-state index contributed by atoms with van der Waals surface area (Å²) in [6, 6.07) is 0. The van der Waals surface area contributed by atoms with Gasteiger partial charge in [0.1, 0.15) is 0 Å². The van der Waals surface area contributed by atoms with Crippen LogP contribution in [0.4, 0.5) is 0 Å². The Morgan fingerprint density at radius 3 is 1.50 bits per heavy atom. The minimum Gasteiger partial charge on any atom is -0.103 e. The summed E-state index contributed by atoms with van der Waals surface area (Å²) < 4.78 is 0. The van der Waals surface area contributed by atoms with Crippen molar-refractivity contribution in [1.82, 2.24) is 0 Å². The Morgan fingerprint density at radius 2 is 0.885 bits per heavy atom. The summed E-state index contributed by atoms with van der Waals surface area (Å²) in [6.45, 7) is 6.89. The van der Waals surface area contributed by atoms with Gasteiger partial charge in [0.05, 0.1) is 0 Å². The Morgan fingerprint density at radius 1 is 0.423 bits per heavy atom. The molecule has 0 amide bonds. The first-order valence-corrected chi connectivity index (χ1v) is 12.3. The molecule has 0 radical (unpaired) electrons. The lowest BCUT2D eigenvalue weighted by molar-refractivity contribution is 0.390. The van der Waals surface area contributed by atoms with Crippen LogP contribution in [0.2, 0.25) is 0 Å². The van der Waals surface area contributed by atoms with Crippen LogP contribution in [0.1, 0.15) is 149 Å². The molecule has 0 aromatic heterocycles. The molecule has 154 valence electrons. The first-order valence-electron chi connectivity index (χ1n) is 12.3. The number of hydrogen-bond donors (Lipinski definition) is 0. The Labute approximate surface area is 167 Å². The van der Waals surface area contributed by atoms with Gasteiger partial charge in [0.25, 0.3) is 0 Å². The van der Waals surface area contributed by atoms with Crippen molar-refractivity contribution < 1.29 is 0 Å². The van der Waals surface area contributed by atoms with Crippen molar-refractivity contribution in [3.05, 3.63) is 0 Å². The second-order valence-electron chi connectivity index (χ2n) is 8.33. The third kappa shape index (κ3) is 19.9. The van der Waals surface area contributed by atoms with Crippen LogP contribution in [0.15, 0.2) is 0 Å². The van der Waals surface area contributed by atoms with E-state index in [0.717, 1.165) is 18.8 Å². The van der Waals surface area contributed by atoms with Crippen molar-refractivity contribution in [3.63, 3.8) is 0 Å². The maximum Gasteiger partial charge on any atom is 0.00913 e. The second-order valence-corrected chi connectivity index (χ2v) is 8.33. The molecule has 26 heavy (non-hydrogen) atoms. The minimum absolute atomic E-state index is 0.939. The van der Waals surface area contributed by atoms with Gasteiger partial charge in [-0.2, -0.15) is 0 Å². The zero-order valence-corrected chi connectivity index (χ0v) is 18.7. The van der Waals surface area contributed by atoms with E-state index in [0.29, 0.717) is 0 Å². The lowest BCUT2D eigenvalue weighted by Gasteiger charge is -2.15. The fraction of sp³-hybridized carbons (Fsp3) is 0.923. The molecular weight excluding hydrogens is 312 g/mol. The van der Waals surface area contributed by atoms with Gasteiger partial charge >= 0.3 is 0 Å². The van der Waals surface area contributed by atoms with Crippen molar-refractivity contribution in [2.75, 3.05) is 0 Å². The van der Waals surface area contributed by atoms with Crippen LogP contribution in [-0.2, 0) is 0 Å². The summed E-state index contributed by atoms with van der Waals surface area (Å²) in [6.07, 6.45) is 27.7. The SMILES string of the molecule is CCCCCC#CCCC(CCCC)CCCCCCCCCCCC. The Balaban J connectivity index is 3.64. The Kier molecular flexibility index (Phi) is 22.2. The number of rotatable bonds is 19. The molecule has 0 spiro atoms. The second kappa shape index (κ2) is 22.6. The Bertz CT molecular complexity index is 306. The summed E-state index contributed by atoms with van der Waals surface area (Å²) >= 11 is 0. The van der Waals surface area contributed by atoms with E-state index in [2.05, 4.69) is 32.6 Å². The molecule has 0 rings (SSSR count). The van der Waals surface area contributed by atoms with Gasteiger partial charge in [-0.05, 0) is 18.8 Å². The number of unbranched alkanes of at least 4 members (excludes halogenated alkanes) is 13. The minimum atomic E-state index is 0.939. The fourth-order valence-electron chi connectivity index (χ4n) is 3.76.